The van der Waals surface area contributed by atoms with Crippen LogP contribution < -0.4 is 21.3 Å². The van der Waals surface area contributed by atoms with Gasteiger partial charge < -0.3 is 26.2 Å². The van der Waals surface area contributed by atoms with Crippen LogP contribution in [0.15, 0.2) is 30.5 Å². The van der Waals surface area contributed by atoms with E-state index in [1.165, 1.54) is 13.0 Å². The largest absolute Gasteiger partial charge is 0.418 e. The number of fused-ring (bicyclic) bond motifs is 1. The lowest BCUT2D eigenvalue weighted by Crippen LogP contribution is -2.67. The second kappa shape index (κ2) is 10.6. The molecule has 1 aliphatic rings. The fraction of sp³-hybridized carbons (Fsp3) is 0.379. The second-order valence-electron chi connectivity index (χ2n) is 11.4. The lowest BCUT2D eigenvalue weighted by molar-refractivity contribution is -0.137. The summed E-state index contributed by atoms with van der Waals surface area (Å²) in [6.45, 7) is 6.30. The molecule has 1 saturated heterocycles. The predicted molar refractivity (Wildman–Crippen MR) is 162 cm³/mol. The number of likely N-dealkylation sites (N-methyl/N-ethyl adjacent to an activating group) is 1. The molecule has 4 heterocycles. The van der Waals surface area contributed by atoms with Gasteiger partial charge in [0.15, 0.2) is 5.82 Å². The Morgan fingerprint density at radius 2 is 1.77 bits per heavy atom. The van der Waals surface area contributed by atoms with Gasteiger partial charge in [-0.1, -0.05) is 17.7 Å². The van der Waals surface area contributed by atoms with Crippen LogP contribution in [0.2, 0.25) is 5.02 Å². The number of hydrogen-bond donors (Lipinski definition) is 2. The molecule has 4 N–H and O–H groups in total. The summed E-state index contributed by atoms with van der Waals surface area (Å²) in [5.74, 6) is -0.409. The third kappa shape index (κ3) is 5.24. The van der Waals surface area contributed by atoms with Gasteiger partial charge in [-0.15, -0.1) is 0 Å². The first-order chi connectivity index (χ1) is 20.0. The van der Waals surface area contributed by atoms with Gasteiger partial charge >= 0.3 is 6.18 Å². The maximum atomic E-state index is 16.6. The van der Waals surface area contributed by atoms with Crippen molar-refractivity contribution in [3.8, 4) is 11.3 Å². The fourth-order valence-electron chi connectivity index (χ4n) is 5.41. The van der Waals surface area contributed by atoms with Crippen LogP contribution in [0.5, 0.6) is 0 Å². The van der Waals surface area contributed by atoms with Gasteiger partial charge in [-0.3, -0.25) is 0 Å². The molecular weight excluding hydrogens is 586 g/mol. The number of alkyl halides is 3. The predicted octanol–water partition coefficient (Wildman–Crippen LogP) is 5.71. The first kappa shape index (κ1) is 30.5. The van der Waals surface area contributed by atoms with E-state index in [2.05, 4.69) is 26.8 Å². The summed E-state index contributed by atoms with van der Waals surface area (Å²) in [6.07, 6.45) is -3.27. The number of halogens is 5. The first-order valence-corrected chi connectivity index (χ1v) is 13.8. The van der Waals surface area contributed by atoms with Crippen LogP contribution in [0.25, 0.3) is 22.2 Å². The zero-order valence-electron chi connectivity index (χ0n) is 24.6. The van der Waals surface area contributed by atoms with Crippen molar-refractivity contribution in [3.63, 3.8) is 0 Å². The Bertz CT molecular complexity index is 1720. The minimum absolute atomic E-state index is 0.170. The maximum Gasteiger partial charge on any atom is 0.418 e. The molecule has 0 bridgehead atoms. The van der Waals surface area contributed by atoms with Crippen molar-refractivity contribution in [1.29, 1.82) is 0 Å². The molecule has 228 valence electrons. The van der Waals surface area contributed by atoms with Gasteiger partial charge in [0.1, 0.15) is 23.0 Å². The molecule has 1 atom stereocenters. The number of pyridine rings is 2. The summed E-state index contributed by atoms with van der Waals surface area (Å²) in [5, 5.41) is -0.0893. The molecule has 9 nitrogen and oxygen atoms in total. The topological polar surface area (TPSA) is 113 Å². The molecular formula is C29H32ClF4N9. The monoisotopic (exact) mass is 617 g/mol. The summed E-state index contributed by atoms with van der Waals surface area (Å²) in [5.41, 5.74) is 9.73. The number of rotatable bonds is 6. The van der Waals surface area contributed by atoms with Gasteiger partial charge in [0.25, 0.3) is 0 Å². The molecule has 43 heavy (non-hydrogen) atoms. The van der Waals surface area contributed by atoms with Gasteiger partial charge in [-0.2, -0.15) is 18.2 Å². The van der Waals surface area contributed by atoms with Crippen LogP contribution in [0, 0.1) is 12.7 Å². The molecule has 14 heteroatoms. The lowest BCUT2D eigenvalue weighted by Gasteiger charge is -2.52. The number of nitrogen functional groups attached to an aromatic ring is 2. The Labute approximate surface area is 251 Å². The van der Waals surface area contributed by atoms with E-state index in [1.54, 1.807) is 24.2 Å². The lowest BCUT2D eigenvalue weighted by atomic mass is 9.91. The SMILES string of the molecule is Cc1cc(N)nc(-c2c(Cl)cc3c(N(C)[C@H](C)c4cccnc4N)nc(N4CC(C)(N(C)C)C4)nc3c2F)c1C(F)(F)F. The van der Waals surface area contributed by atoms with Crippen LogP contribution in [0.1, 0.15) is 36.6 Å². The van der Waals surface area contributed by atoms with Crippen molar-refractivity contribution >= 4 is 45.9 Å². The van der Waals surface area contributed by atoms with Crippen molar-refractivity contribution in [2.45, 2.75) is 38.5 Å². The highest BCUT2D eigenvalue weighted by Gasteiger charge is 2.43. The van der Waals surface area contributed by atoms with E-state index in [4.69, 9.17) is 28.1 Å². The minimum atomic E-state index is -4.85. The van der Waals surface area contributed by atoms with E-state index in [9.17, 15) is 13.2 Å². The quantitative estimate of drug-likeness (QED) is 0.263. The minimum Gasteiger partial charge on any atom is -0.384 e. The van der Waals surface area contributed by atoms with Gasteiger partial charge in [-0.25, -0.2) is 19.3 Å². The normalized spacial score (nSPS) is 15.6. The standard InChI is InChI=1S/C29H32ClF4N9/c1-14-10-19(35)38-24(21(14)29(32,33)34)20-18(30)11-17-23(22(20)31)39-27(43-12-28(3,13-43)41(4)5)40-26(17)42(6)15(2)16-8-7-9-37-25(16)36/h7-11,15H,12-13H2,1-6H3,(H2,35,38)(H2,36,37)/t15-/m1/s1. The summed E-state index contributed by atoms with van der Waals surface area (Å²) < 4.78 is 59.3. The van der Waals surface area contributed by atoms with Crippen LogP contribution in [-0.2, 0) is 6.18 Å². The van der Waals surface area contributed by atoms with E-state index in [-0.39, 0.29) is 44.8 Å². The third-order valence-electron chi connectivity index (χ3n) is 8.27. The van der Waals surface area contributed by atoms with Crippen LogP contribution in [0.4, 0.5) is 41.0 Å². The molecule has 0 spiro atoms. The van der Waals surface area contributed by atoms with E-state index < -0.39 is 28.8 Å². The molecule has 3 aromatic heterocycles. The zero-order valence-corrected chi connectivity index (χ0v) is 25.3. The Kier molecular flexibility index (Phi) is 7.54. The van der Waals surface area contributed by atoms with Crippen LogP contribution >= 0.6 is 11.6 Å². The average Bonchev–Trinajstić information content (AvgIpc) is 2.89. The number of aromatic nitrogens is 4. The van der Waals surface area contributed by atoms with Crippen molar-refractivity contribution in [3.05, 3.63) is 58.0 Å². The summed E-state index contributed by atoms with van der Waals surface area (Å²) in [6, 6.07) is 5.65. The molecule has 1 aromatic carbocycles. The van der Waals surface area contributed by atoms with Crippen molar-refractivity contribution in [2.75, 3.05) is 55.5 Å². The molecule has 1 aliphatic heterocycles. The van der Waals surface area contributed by atoms with E-state index in [0.29, 0.717) is 30.3 Å². The molecule has 5 rings (SSSR count). The number of aryl methyl sites for hydroxylation is 1. The Morgan fingerprint density at radius 3 is 2.37 bits per heavy atom. The van der Waals surface area contributed by atoms with Crippen molar-refractivity contribution in [2.24, 2.45) is 0 Å². The number of anilines is 4. The molecule has 4 aromatic rings. The fourth-order valence-corrected chi connectivity index (χ4v) is 5.69. The first-order valence-electron chi connectivity index (χ1n) is 13.4. The average molecular weight is 618 g/mol. The van der Waals surface area contributed by atoms with Gasteiger partial charge in [0.05, 0.1) is 33.4 Å². The third-order valence-corrected chi connectivity index (χ3v) is 8.57. The van der Waals surface area contributed by atoms with E-state index in [0.717, 1.165) is 6.07 Å². The van der Waals surface area contributed by atoms with Crippen molar-refractivity contribution in [1.82, 2.24) is 24.8 Å². The second-order valence-corrected chi connectivity index (χ2v) is 11.8. The Morgan fingerprint density at radius 1 is 1.09 bits per heavy atom. The summed E-state index contributed by atoms with van der Waals surface area (Å²) in [4.78, 5) is 23.2. The maximum absolute atomic E-state index is 16.6. The smallest absolute Gasteiger partial charge is 0.384 e. The zero-order chi connectivity index (χ0) is 31.6. The van der Waals surface area contributed by atoms with Gasteiger partial charge in [-0.05, 0) is 58.6 Å². The number of benzene rings is 1. The molecule has 0 unspecified atom stereocenters. The van der Waals surface area contributed by atoms with Crippen LogP contribution in [0.3, 0.4) is 0 Å². The molecule has 0 amide bonds. The Balaban J connectivity index is 1.77. The Hall–Kier alpha value is -3.97. The number of nitrogens with two attached hydrogens (primary N) is 2. The summed E-state index contributed by atoms with van der Waals surface area (Å²) in [7, 11) is 5.68. The molecule has 0 saturated carbocycles. The van der Waals surface area contributed by atoms with Crippen molar-refractivity contribution < 1.29 is 17.6 Å². The number of nitrogens with zero attached hydrogens (tertiary/aromatic N) is 7. The van der Waals surface area contributed by atoms with E-state index in [1.807, 2.05) is 32.0 Å². The molecule has 0 aliphatic carbocycles. The number of hydrogen-bond acceptors (Lipinski definition) is 9. The highest BCUT2D eigenvalue weighted by atomic mass is 35.5. The van der Waals surface area contributed by atoms with Crippen LogP contribution in [-0.4, -0.2) is 64.6 Å². The highest BCUT2D eigenvalue weighted by Crippen LogP contribution is 2.45. The summed E-state index contributed by atoms with van der Waals surface area (Å²) >= 11 is 6.57. The molecule has 0 radical (unpaired) electrons. The van der Waals surface area contributed by atoms with Gasteiger partial charge in [0, 0.05) is 37.3 Å². The van der Waals surface area contributed by atoms with E-state index >= 15 is 4.39 Å². The highest BCUT2D eigenvalue weighted by molar-refractivity contribution is 6.34. The molecule has 1 fully saturated rings. The van der Waals surface area contributed by atoms with Gasteiger partial charge in [0.2, 0.25) is 5.95 Å².